The van der Waals surface area contributed by atoms with Crippen molar-refractivity contribution in [2.75, 3.05) is 0 Å². The summed E-state index contributed by atoms with van der Waals surface area (Å²) in [6, 6.07) is 20.8. The Morgan fingerprint density at radius 2 is 1.68 bits per heavy atom. The largest absolute Gasteiger partial charge is 0.303 e. The zero-order valence-corrected chi connectivity index (χ0v) is 15.1. The van der Waals surface area contributed by atoms with Crippen molar-refractivity contribution in [3.05, 3.63) is 94.3 Å². The van der Waals surface area contributed by atoms with Crippen LogP contribution in [-0.2, 0) is 6.42 Å². The van der Waals surface area contributed by atoms with Crippen molar-refractivity contribution in [3.63, 3.8) is 0 Å². The molecule has 0 aliphatic carbocycles. The van der Waals surface area contributed by atoms with Gasteiger partial charge in [-0.25, -0.2) is 4.98 Å². The molecule has 2 aromatic carbocycles. The van der Waals surface area contributed by atoms with E-state index in [0.29, 0.717) is 0 Å². The number of hydrogen-bond donors (Lipinski definition) is 0. The highest BCUT2D eigenvalue weighted by Gasteiger charge is 2.15. The quantitative estimate of drug-likeness (QED) is 0.454. The molecule has 0 saturated heterocycles. The molecule has 2 aromatic heterocycles. The van der Waals surface area contributed by atoms with Crippen LogP contribution in [0.15, 0.2) is 66.9 Å². The van der Waals surface area contributed by atoms with Crippen molar-refractivity contribution >= 4 is 17.2 Å². The number of nitrogens with zero attached hydrogens (tertiary/aromatic N) is 2. The summed E-state index contributed by atoms with van der Waals surface area (Å²) in [5.41, 5.74) is 7.95. The van der Waals surface area contributed by atoms with Crippen LogP contribution in [0.5, 0.6) is 0 Å². The van der Waals surface area contributed by atoms with Crippen molar-refractivity contribution < 1.29 is 0 Å². The van der Waals surface area contributed by atoms with E-state index in [0.717, 1.165) is 28.3 Å². The summed E-state index contributed by atoms with van der Waals surface area (Å²) in [6.45, 7) is 4.22. The van der Waals surface area contributed by atoms with Gasteiger partial charge in [0, 0.05) is 23.2 Å². The van der Waals surface area contributed by atoms with Crippen molar-refractivity contribution in [3.8, 4) is 11.3 Å². The Bertz CT molecular complexity index is 1050. The monoisotopic (exact) mass is 346 g/mol. The number of aromatic nitrogens is 2. The predicted octanol–water partition coefficient (Wildman–Crippen LogP) is 5.86. The highest BCUT2D eigenvalue weighted by atomic mass is 35.5. The lowest BCUT2D eigenvalue weighted by Gasteiger charge is -2.07. The van der Waals surface area contributed by atoms with Crippen LogP contribution in [0.2, 0.25) is 5.02 Å². The van der Waals surface area contributed by atoms with Gasteiger partial charge in [0.05, 0.1) is 11.4 Å². The first-order valence-corrected chi connectivity index (χ1v) is 8.77. The average molecular weight is 347 g/mol. The predicted molar refractivity (Wildman–Crippen MR) is 104 cm³/mol. The fourth-order valence-corrected chi connectivity index (χ4v) is 3.32. The molecule has 0 fully saturated rings. The second-order valence-electron chi connectivity index (χ2n) is 6.51. The van der Waals surface area contributed by atoms with Crippen LogP contribution in [0.4, 0.5) is 0 Å². The van der Waals surface area contributed by atoms with Gasteiger partial charge in [0.25, 0.3) is 0 Å². The van der Waals surface area contributed by atoms with Gasteiger partial charge in [-0.05, 0) is 43.2 Å². The second kappa shape index (κ2) is 6.38. The molecule has 0 bridgehead atoms. The van der Waals surface area contributed by atoms with Gasteiger partial charge in [-0.1, -0.05) is 59.6 Å². The molecule has 0 amide bonds. The van der Waals surface area contributed by atoms with Gasteiger partial charge in [-0.3, -0.25) is 0 Å². The topological polar surface area (TPSA) is 17.3 Å². The van der Waals surface area contributed by atoms with Gasteiger partial charge in [0.1, 0.15) is 5.65 Å². The maximum atomic E-state index is 6.21. The van der Waals surface area contributed by atoms with E-state index in [1.165, 1.54) is 22.4 Å². The van der Waals surface area contributed by atoms with Crippen molar-refractivity contribution in [1.29, 1.82) is 0 Å². The maximum Gasteiger partial charge on any atom is 0.137 e. The van der Waals surface area contributed by atoms with Gasteiger partial charge in [-0.2, -0.15) is 0 Å². The minimum absolute atomic E-state index is 0.729. The summed E-state index contributed by atoms with van der Waals surface area (Å²) in [4.78, 5) is 4.88. The first-order chi connectivity index (χ1) is 12.1. The van der Waals surface area contributed by atoms with Crippen molar-refractivity contribution in [2.45, 2.75) is 20.3 Å². The smallest absolute Gasteiger partial charge is 0.137 e. The highest BCUT2D eigenvalue weighted by Crippen LogP contribution is 2.28. The Hall–Kier alpha value is -2.58. The fourth-order valence-electron chi connectivity index (χ4n) is 3.13. The van der Waals surface area contributed by atoms with E-state index in [9.17, 15) is 0 Å². The molecule has 4 aromatic rings. The second-order valence-corrected chi connectivity index (χ2v) is 6.95. The Morgan fingerprint density at radius 3 is 2.44 bits per heavy atom. The summed E-state index contributed by atoms with van der Waals surface area (Å²) >= 11 is 6.21. The van der Waals surface area contributed by atoms with E-state index >= 15 is 0 Å². The fraction of sp³-hybridized carbons (Fsp3) is 0.136. The molecule has 4 rings (SSSR count). The van der Waals surface area contributed by atoms with Gasteiger partial charge in [0.15, 0.2) is 0 Å². The molecule has 0 unspecified atom stereocenters. The molecule has 0 aliphatic heterocycles. The third-order valence-electron chi connectivity index (χ3n) is 4.46. The van der Waals surface area contributed by atoms with Crippen LogP contribution in [0.3, 0.4) is 0 Å². The third kappa shape index (κ3) is 3.18. The van der Waals surface area contributed by atoms with Gasteiger partial charge in [0.2, 0.25) is 0 Å². The zero-order valence-electron chi connectivity index (χ0n) is 14.3. The van der Waals surface area contributed by atoms with E-state index in [-0.39, 0.29) is 0 Å². The molecule has 0 radical (unpaired) electrons. The normalized spacial score (nSPS) is 11.2. The summed E-state index contributed by atoms with van der Waals surface area (Å²) in [7, 11) is 0. The summed E-state index contributed by atoms with van der Waals surface area (Å²) in [5.74, 6) is 0. The third-order valence-corrected chi connectivity index (χ3v) is 4.69. The molecule has 0 N–H and O–H groups in total. The SMILES string of the molecule is Cc1ccc(Cc2c(-c3cccc(Cl)c3)nc3ccc(C)cn23)cc1. The van der Waals surface area contributed by atoms with E-state index in [1.54, 1.807) is 0 Å². The van der Waals surface area contributed by atoms with Crippen LogP contribution < -0.4 is 0 Å². The van der Waals surface area contributed by atoms with E-state index in [2.05, 4.69) is 66.9 Å². The first-order valence-electron chi connectivity index (χ1n) is 8.39. The molecule has 2 heterocycles. The number of hydrogen-bond acceptors (Lipinski definition) is 1. The lowest BCUT2D eigenvalue weighted by atomic mass is 10.0. The Morgan fingerprint density at radius 1 is 0.920 bits per heavy atom. The molecule has 2 nitrogen and oxygen atoms in total. The van der Waals surface area contributed by atoms with Crippen LogP contribution in [0, 0.1) is 13.8 Å². The molecule has 3 heteroatoms. The molecule has 0 saturated carbocycles. The number of aryl methyl sites for hydroxylation is 2. The maximum absolute atomic E-state index is 6.21. The molecule has 124 valence electrons. The molecular weight excluding hydrogens is 328 g/mol. The van der Waals surface area contributed by atoms with E-state index in [4.69, 9.17) is 16.6 Å². The lowest BCUT2D eigenvalue weighted by molar-refractivity contribution is 1.02. The highest BCUT2D eigenvalue weighted by molar-refractivity contribution is 6.30. The van der Waals surface area contributed by atoms with Gasteiger partial charge in [-0.15, -0.1) is 0 Å². The number of fused-ring (bicyclic) bond motifs is 1. The molecular formula is C22H19ClN2. The van der Waals surface area contributed by atoms with Crippen LogP contribution in [-0.4, -0.2) is 9.38 Å². The summed E-state index contributed by atoms with van der Waals surface area (Å²) in [5, 5.41) is 0.729. The van der Waals surface area contributed by atoms with Crippen LogP contribution in [0.25, 0.3) is 16.9 Å². The lowest BCUT2D eigenvalue weighted by Crippen LogP contribution is -1.97. The van der Waals surface area contributed by atoms with Gasteiger partial charge >= 0.3 is 0 Å². The number of benzene rings is 2. The molecule has 0 spiro atoms. The number of imidazole rings is 1. The first kappa shape index (κ1) is 15.9. The summed E-state index contributed by atoms with van der Waals surface area (Å²) in [6.07, 6.45) is 2.98. The zero-order chi connectivity index (χ0) is 17.4. The average Bonchev–Trinajstić information content (AvgIpc) is 2.95. The van der Waals surface area contributed by atoms with Crippen molar-refractivity contribution in [1.82, 2.24) is 9.38 Å². The minimum atomic E-state index is 0.729. The summed E-state index contributed by atoms with van der Waals surface area (Å²) < 4.78 is 2.20. The van der Waals surface area contributed by atoms with Gasteiger partial charge < -0.3 is 4.40 Å². The van der Waals surface area contributed by atoms with E-state index in [1.807, 2.05) is 18.2 Å². The number of halogens is 1. The Balaban J connectivity index is 1.91. The molecule has 25 heavy (non-hydrogen) atoms. The number of rotatable bonds is 3. The standard InChI is InChI=1S/C22H19ClN2/c1-15-6-9-17(10-7-15)12-20-22(18-4-3-5-19(23)13-18)24-21-11-8-16(2)14-25(20)21/h3-11,13-14H,12H2,1-2H3. The van der Waals surface area contributed by atoms with Crippen molar-refractivity contribution in [2.24, 2.45) is 0 Å². The Labute approximate surface area is 152 Å². The van der Waals surface area contributed by atoms with E-state index < -0.39 is 0 Å². The van der Waals surface area contributed by atoms with Crippen LogP contribution >= 0.6 is 11.6 Å². The molecule has 0 atom stereocenters. The Kier molecular flexibility index (Phi) is 4.06. The molecule has 0 aliphatic rings. The number of pyridine rings is 1. The minimum Gasteiger partial charge on any atom is -0.303 e. The van der Waals surface area contributed by atoms with Crippen LogP contribution in [0.1, 0.15) is 22.4 Å².